The van der Waals surface area contributed by atoms with Crippen LogP contribution in [-0.2, 0) is 6.42 Å². The van der Waals surface area contributed by atoms with Gasteiger partial charge in [0.2, 0.25) is 0 Å². The van der Waals surface area contributed by atoms with Crippen LogP contribution in [0.5, 0.6) is 0 Å². The highest BCUT2D eigenvalue weighted by Crippen LogP contribution is 2.11. The molecule has 0 heterocycles. The maximum absolute atomic E-state index is 12.0. The Morgan fingerprint density at radius 3 is 2.70 bits per heavy atom. The Morgan fingerprint density at radius 1 is 1.15 bits per heavy atom. The van der Waals surface area contributed by atoms with Crippen LogP contribution in [-0.4, -0.2) is 12.5 Å². The number of carbonyl (C=O) groups is 1. The van der Waals surface area contributed by atoms with Crippen molar-refractivity contribution in [2.24, 2.45) is 0 Å². The molecule has 0 spiro atoms. The van der Waals surface area contributed by atoms with Crippen LogP contribution in [0.25, 0.3) is 0 Å². The fraction of sp³-hybridized carbons (Fsp3) is 0.235. The second-order valence-electron chi connectivity index (χ2n) is 4.83. The van der Waals surface area contributed by atoms with E-state index in [0.29, 0.717) is 6.54 Å². The van der Waals surface area contributed by atoms with E-state index in [1.807, 2.05) is 24.3 Å². The molecule has 2 aromatic rings. The molecule has 2 rings (SSSR count). The average Bonchev–Trinajstić information content (AvgIpc) is 2.44. The summed E-state index contributed by atoms with van der Waals surface area (Å²) < 4.78 is 0.987. The Labute approximate surface area is 133 Å². The largest absolute Gasteiger partial charge is 0.352 e. The molecule has 104 valence electrons. The van der Waals surface area contributed by atoms with Crippen LogP contribution in [0.2, 0.25) is 0 Å². The molecule has 0 atom stereocenters. The van der Waals surface area contributed by atoms with Gasteiger partial charge < -0.3 is 5.32 Å². The molecule has 0 fully saturated rings. The van der Waals surface area contributed by atoms with E-state index in [0.717, 1.165) is 22.0 Å². The van der Waals surface area contributed by atoms with Crippen LogP contribution in [0.4, 0.5) is 0 Å². The van der Waals surface area contributed by atoms with Crippen molar-refractivity contribution in [2.75, 3.05) is 6.54 Å². The van der Waals surface area contributed by atoms with E-state index in [1.165, 1.54) is 11.1 Å². The molecule has 0 unspecified atom stereocenters. The summed E-state index contributed by atoms with van der Waals surface area (Å²) in [5.74, 6) is 0.0132. The molecule has 0 bridgehead atoms. The third-order valence-electron chi connectivity index (χ3n) is 3.13. The normalized spacial score (nSPS) is 10.3. The third kappa shape index (κ3) is 4.34. The molecule has 3 heteroatoms. The number of benzene rings is 2. The highest BCUT2D eigenvalue weighted by molar-refractivity contribution is 14.1. The Morgan fingerprint density at radius 2 is 1.95 bits per heavy atom. The van der Waals surface area contributed by atoms with Gasteiger partial charge in [-0.25, -0.2) is 0 Å². The first-order chi connectivity index (χ1) is 9.66. The van der Waals surface area contributed by atoms with Crippen LogP contribution in [0.1, 0.15) is 27.9 Å². The van der Waals surface area contributed by atoms with Crippen LogP contribution in [0, 0.1) is 10.5 Å². The molecule has 2 nitrogen and oxygen atoms in total. The van der Waals surface area contributed by atoms with Gasteiger partial charge in [0.1, 0.15) is 0 Å². The van der Waals surface area contributed by atoms with Crippen molar-refractivity contribution in [1.29, 1.82) is 0 Å². The summed E-state index contributed by atoms with van der Waals surface area (Å²) >= 11 is 2.19. The molecule has 1 N–H and O–H groups in total. The van der Waals surface area contributed by atoms with E-state index in [9.17, 15) is 4.79 Å². The van der Waals surface area contributed by atoms with Crippen molar-refractivity contribution in [3.8, 4) is 0 Å². The zero-order valence-electron chi connectivity index (χ0n) is 11.5. The first-order valence-electron chi connectivity index (χ1n) is 6.75. The highest BCUT2D eigenvalue weighted by atomic mass is 127. The van der Waals surface area contributed by atoms with Gasteiger partial charge in [-0.3, -0.25) is 4.79 Å². The number of rotatable bonds is 5. The molecule has 1 amide bonds. The first kappa shape index (κ1) is 15.0. The van der Waals surface area contributed by atoms with Crippen LogP contribution >= 0.6 is 22.6 Å². The van der Waals surface area contributed by atoms with E-state index in [4.69, 9.17) is 0 Å². The number of nitrogens with one attached hydrogen (secondary N) is 1. The molecular weight excluding hydrogens is 361 g/mol. The summed E-state index contributed by atoms with van der Waals surface area (Å²) in [5.41, 5.74) is 3.36. The highest BCUT2D eigenvalue weighted by Gasteiger charge is 2.07. The molecule has 2 aromatic carbocycles. The number of hydrogen-bond acceptors (Lipinski definition) is 1. The summed E-state index contributed by atoms with van der Waals surface area (Å²) in [4.78, 5) is 12.0. The van der Waals surface area contributed by atoms with Gasteiger partial charge in [0.15, 0.2) is 0 Å². The van der Waals surface area contributed by atoms with E-state index in [-0.39, 0.29) is 5.91 Å². The van der Waals surface area contributed by atoms with E-state index in [2.05, 4.69) is 59.1 Å². The lowest BCUT2D eigenvalue weighted by molar-refractivity contribution is 0.0952. The van der Waals surface area contributed by atoms with Gasteiger partial charge in [0.05, 0.1) is 5.56 Å². The molecular formula is C17H18INO. The van der Waals surface area contributed by atoms with Gasteiger partial charge in [-0.15, -0.1) is 0 Å². The minimum Gasteiger partial charge on any atom is -0.352 e. The Kier molecular flexibility index (Phi) is 5.59. The summed E-state index contributed by atoms with van der Waals surface area (Å²) in [5, 5.41) is 2.98. The summed E-state index contributed by atoms with van der Waals surface area (Å²) in [6.45, 7) is 2.81. The number of hydrogen-bond donors (Lipinski definition) is 1. The number of aryl methyl sites for hydroxylation is 2. The number of halogens is 1. The SMILES string of the molecule is Cc1cccc(CCCNC(=O)c2ccccc2I)c1. The van der Waals surface area contributed by atoms with Crippen LogP contribution in [0.3, 0.4) is 0 Å². The third-order valence-corrected chi connectivity index (χ3v) is 4.07. The quantitative estimate of drug-likeness (QED) is 0.619. The van der Waals surface area contributed by atoms with Gasteiger partial charge in [0, 0.05) is 10.1 Å². The zero-order chi connectivity index (χ0) is 14.4. The lowest BCUT2D eigenvalue weighted by atomic mass is 10.1. The van der Waals surface area contributed by atoms with Crippen LogP contribution < -0.4 is 5.32 Å². The Hall–Kier alpha value is -1.36. The monoisotopic (exact) mass is 379 g/mol. The number of carbonyl (C=O) groups excluding carboxylic acids is 1. The Balaban J connectivity index is 1.79. The lowest BCUT2D eigenvalue weighted by Crippen LogP contribution is -2.25. The van der Waals surface area contributed by atoms with Gasteiger partial charge >= 0.3 is 0 Å². The fourth-order valence-electron chi connectivity index (χ4n) is 2.10. The molecule has 0 aliphatic heterocycles. The predicted octanol–water partition coefficient (Wildman–Crippen LogP) is 3.96. The average molecular weight is 379 g/mol. The van der Waals surface area contributed by atoms with E-state index >= 15 is 0 Å². The van der Waals surface area contributed by atoms with Crippen molar-refractivity contribution in [1.82, 2.24) is 5.32 Å². The molecule has 0 radical (unpaired) electrons. The number of amides is 1. The van der Waals surface area contributed by atoms with Crippen molar-refractivity contribution in [3.63, 3.8) is 0 Å². The Bertz CT molecular complexity index is 595. The summed E-state index contributed by atoms with van der Waals surface area (Å²) in [6.07, 6.45) is 1.95. The molecule has 0 aliphatic rings. The standard InChI is InChI=1S/C17H18INO/c1-13-6-4-7-14(12-13)8-5-11-19-17(20)15-9-2-3-10-16(15)18/h2-4,6-7,9-10,12H,5,8,11H2,1H3,(H,19,20). The molecule has 0 aromatic heterocycles. The van der Waals surface area contributed by atoms with Crippen molar-refractivity contribution >= 4 is 28.5 Å². The van der Waals surface area contributed by atoms with Crippen LogP contribution in [0.15, 0.2) is 48.5 Å². The molecule has 0 aliphatic carbocycles. The topological polar surface area (TPSA) is 29.1 Å². The van der Waals surface area contributed by atoms with Crippen molar-refractivity contribution in [2.45, 2.75) is 19.8 Å². The maximum Gasteiger partial charge on any atom is 0.252 e. The summed E-state index contributed by atoms with van der Waals surface area (Å²) in [6, 6.07) is 16.1. The van der Waals surface area contributed by atoms with E-state index in [1.54, 1.807) is 0 Å². The van der Waals surface area contributed by atoms with Crippen molar-refractivity contribution in [3.05, 3.63) is 68.8 Å². The molecule has 0 saturated carbocycles. The molecule has 0 saturated heterocycles. The van der Waals surface area contributed by atoms with Gasteiger partial charge in [-0.1, -0.05) is 42.0 Å². The predicted molar refractivity (Wildman–Crippen MR) is 91.0 cm³/mol. The van der Waals surface area contributed by atoms with E-state index < -0.39 is 0 Å². The second kappa shape index (κ2) is 7.43. The first-order valence-corrected chi connectivity index (χ1v) is 7.83. The van der Waals surface area contributed by atoms with Gasteiger partial charge in [-0.2, -0.15) is 0 Å². The fourth-order valence-corrected chi connectivity index (χ4v) is 2.74. The smallest absolute Gasteiger partial charge is 0.252 e. The van der Waals surface area contributed by atoms with Gasteiger partial charge in [0.25, 0.3) is 5.91 Å². The minimum absolute atomic E-state index is 0.0132. The van der Waals surface area contributed by atoms with Gasteiger partial charge in [-0.05, 0) is 60.1 Å². The van der Waals surface area contributed by atoms with Crippen molar-refractivity contribution < 1.29 is 4.79 Å². The maximum atomic E-state index is 12.0. The summed E-state index contributed by atoms with van der Waals surface area (Å²) in [7, 11) is 0. The molecule has 20 heavy (non-hydrogen) atoms. The second-order valence-corrected chi connectivity index (χ2v) is 5.99. The zero-order valence-corrected chi connectivity index (χ0v) is 13.7. The minimum atomic E-state index is 0.0132. The lowest BCUT2D eigenvalue weighted by Gasteiger charge is -2.07.